The maximum absolute atomic E-state index is 13.8. The van der Waals surface area contributed by atoms with E-state index in [-0.39, 0.29) is 5.91 Å². The van der Waals surface area contributed by atoms with E-state index in [4.69, 9.17) is 0 Å². The number of Topliss-reactive ketones (excluding diaryl/α,β-unsaturated/α-hetero) is 3. The third-order valence-corrected chi connectivity index (χ3v) is 18.8. The number of nitrogens with one attached hydrogen (secondary N) is 3. The van der Waals surface area contributed by atoms with Crippen LogP contribution in [0.3, 0.4) is 0 Å². The standard InChI is InChI=1S/C78H143N5O4/c1-11-18-34-45-69(15-5)63-75(84)48-37-28-22-25-31-40-56-82(10)57-43-55-81-78(87)74-62-72(52-51-67(8)79-53-21-14-4)61-73(66-74)68(9)80-54-44-60-83(58-41-32-26-23-29-38-49-76(85)64-70(16-6)46-35-19-12-2)59-42-33-27-24-30-39-50-77(86)65-71(17-7)47-36-20-13-3/h61-62,66,69-71,79-80H,8-9,11-60,63-65H2,1-7,10H3,(H,81,87). The number of aryl methyl sites for hydroxylation is 1. The largest absolute Gasteiger partial charge is 0.389 e. The zero-order valence-corrected chi connectivity index (χ0v) is 58.9. The predicted octanol–water partition coefficient (Wildman–Crippen LogP) is 20.7. The van der Waals surface area contributed by atoms with Crippen LogP contribution in [0.2, 0.25) is 0 Å². The number of allylic oxidation sites excluding steroid dienone is 1. The summed E-state index contributed by atoms with van der Waals surface area (Å²) in [5.41, 5.74) is 4.68. The highest BCUT2D eigenvalue weighted by Crippen LogP contribution is 2.24. The second kappa shape index (κ2) is 57.8. The molecule has 0 saturated heterocycles. The van der Waals surface area contributed by atoms with Crippen molar-refractivity contribution in [3.63, 3.8) is 0 Å². The fourth-order valence-electron chi connectivity index (χ4n) is 12.5. The van der Waals surface area contributed by atoms with E-state index in [9.17, 15) is 19.2 Å². The van der Waals surface area contributed by atoms with Gasteiger partial charge in [-0.3, -0.25) is 19.2 Å². The molecule has 0 aromatic heterocycles. The molecule has 1 aromatic carbocycles. The molecule has 0 aliphatic heterocycles. The van der Waals surface area contributed by atoms with E-state index in [0.29, 0.717) is 47.2 Å². The first kappa shape index (κ1) is 81.7. The van der Waals surface area contributed by atoms with Gasteiger partial charge in [0.2, 0.25) is 0 Å². The van der Waals surface area contributed by atoms with E-state index < -0.39 is 0 Å². The van der Waals surface area contributed by atoms with Crippen LogP contribution in [0.15, 0.2) is 37.1 Å². The molecule has 1 amide bonds. The Morgan fingerprint density at radius 2 is 0.759 bits per heavy atom. The van der Waals surface area contributed by atoms with Crippen molar-refractivity contribution >= 4 is 29.0 Å². The highest BCUT2D eigenvalue weighted by atomic mass is 16.2. The van der Waals surface area contributed by atoms with Crippen molar-refractivity contribution in [1.29, 1.82) is 0 Å². The number of ketones is 3. The molecule has 0 bridgehead atoms. The maximum Gasteiger partial charge on any atom is 0.251 e. The summed E-state index contributed by atoms with van der Waals surface area (Å²) in [4.78, 5) is 57.0. The molecule has 0 fully saturated rings. The maximum atomic E-state index is 13.8. The number of carbonyl (C=O) groups excluding carboxylic acids is 4. The van der Waals surface area contributed by atoms with Gasteiger partial charge in [-0.1, -0.05) is 241 Å². The summed E-state index contributed by atoms with van der Waals surface area (Å²) in [6, 6.07) is 6.28. The van der Waals surface area contributed by atoms with Gasteiger partial charge in [-0.25, -0.2) is 0 Å². The fourth-order valence-corrected chi connectivity index (χ4v) is 12.5. The smallest absolute Gasteiger partial charge is 0.251 e. The molecule has 9 nitrogen and oxygen atoms in total. The molecule has 9 heteroatoms. The summed E-state index contributed by atoms with van der Waals surface area (Å²) >= 11 is 0. The van der Waals surface area contributed by atoms with Crippen molar-refractivity contribution in [2.75, 3.05) is 59.4 Å². The fraction of sp³-hybridized carbons (Fsp3) is 0.821. The molecular formula is C78H143N5O4. The Kier molecular flexibility index (Phi) is 54.3. The van der Waals surface area contributed by atoms with Crippen LogP contribution in [0, 0.1) is 17.8 Å². The van der Waals surface area contributed by atoms with Crippen molar-refractivity contribution < 1.29 is 19.2 Å². The molecule has 0 aliphatic carbocycles. The third-order valence-electron chi connectivity index (χ3n) is 18.8. The Hall–Kier alpha value is -3.30. The van der Waals surface area contributed by atoms with Crippen LogP contribution >= 0.6 is 0 Å². The number of unbranched alkanes of at least 4 members (excludes halogenated alkanes) is 22. The molecule has 3 atom stereocenters. The van der Waals surface area contributed by atoms with Gasteiger partial charge in [0.15, 0.2) is 0 Å². The second-order valence-electron chi connectivity index (χ2n) is 27.0. The number of hydrogen-bond donors (Lipinski definition) is 3. The molecule has 87 heavy (non-hydrogen) atoms. The number of benzene rings is 1. The van der Waals surface area contributed by atoms with Crippen molar-refractivity contribution in [2.24, 2.45) is 17.8 Å². The van der Waals surface area contributed by atoms with Crippen LogP contribution in [0.1, 0.15) is 352 Å². The van der Waals surface area contributed by atoms with Crippen LogP contribution in [0.4, 0.5) is 0 Å². The van der Waals surface area contributed by atoms with Crippen molar-refractivity contribution in [3.05, 3.63) is 53.7 Å². The van der Waals surface area contributed by atoms with Gasteiger partial charge in [-0.2, -0.15) is 0 Å². The third kappa shape index (κ3) is 47.3. The lowest BCUT2D eigenvalue weighted by Gasteiger charge is -2.23. The number of rotatable bonds is 66. The molecule has 1 rings (SSSR count). The number of hydrogen-bond acceptors (Lipinski definition) is 8. The van der Waals surface area contributed by atoms with Crippen molar-refractivity contribution in [1.82, 2.24) is 25.8 Å². The molecule has 0 saturated carbocycles. The van der Waals surface area contributed by atoms with Gasteiger partial charge < -0.3 is 25.8 Å². The Labute approximate surface area is 539 Å². The van der Waals surface area contributed by atoms with Gasteiger partial charge in [0.05, 0.1) is 0 Å². The highest BCUT2D eigenvalue weighted by molar-refractivity contribution is 5.95. The summed E-state index contributed by atoms with van der Waals surface area (Å²) in [6.45, 7) is 32.2. The molecule has 504 valence electrons. The summed E-state index contributed by atoms with van der Waals surface area (Å²) in [7, 11) is 2.19. The average molecular weight is 1220 g/mol. The Bertz CT molecular complexity index is 1820. The minimum absolute atomic E-state index is 0.0321. The number of nitrogens with zero attached hydrogens (tertiary/aromatic N) is 2. The first-order chi connectivity index (χ1) is 42.3. The SMILES string of the molecule is C=C(CCc1cc(C(=C)NCCCN(CCCCCCCCC(=O)CC(CC)CCCCC)CCCCCCCCC(=O)CC(CC)CCCCC)cc(C(=O)NCCCN(C)CCCCCCCCC(=O)CC(CC)CCCCC)c1)NCCCC. The van der Waals surface area contributed by atoms with Gasteiger partial charge in [0, 0.05) is 75.1 Å². The molecule has 3 N–H and O–H groups in total. The van der Waals surface area contributed by atoms with E-state index >= 15 is 0 Å². The lowest BCUT2D eigenvalue weighted by atomic mass is 9.92. The second-order valence-corrected chi connectivity index (χ2v) is 27.0. The Balaban J connectivity index is 2.76. The van der Waals surface area contributed by atoms with E-state index in [1.165, 1.54) is 154 Å². The molecule has 0 aliphatic rings. The Morgan fingerprint density at radius 3 is 1.21 bits per heavy atom. The van der Waals surface area contributed by atoms with Crippen molar-refractivity contribution in [3.8, 4) is 0 Å². The summed E-state index contributed by atoms with van der Waals surface area (Å²) in [6.07, 6.45) is 50.1. The molecule has 0 heterocycles. The van der Waals surface area contributed by atoms with Crippen LogP contribution < -0.4 is 16.0 Å². The number of amides is 1. The lowest BCUT2D eigenvalue weighted by molar-refractivity contribution is -0.121. The first-order valence-electron chi connectivity index (χ1n) is 37.5. The van der Waals surface area contributed by atoms with E-state index in [0.717, 1.165) is 203 Å². The summed E-state index contributed by atoms with van der Waals surface area (Å²) < 4.78 is 0. The lowest BCUT2D eigenvalue weighted by Crippen LogP contribution is -2.29. The number of carbonyl (C=O) groups is 4. The minimum Gasteiger partial charge on any atom is -0.389 e. The highest BCUT2D eigenvalue weighted by Gasteiger charge is 2.16. The Morgan fingerprint density at radius 1 is 0.391 bits per heavy atom. The van der Waals surface area contributed by atoms with Gasteiger partial charge >= 0.3 is 0 Å². The molecule has 0 radical (unpaired) electrons. The van der Waals surface area contributed by atoms with E-state index in [1.807, 2.05) is 6.07 Å². The molecule has 3 unspecified atom stereocenters. The zero-order chi connectivity index (χ0) is 63.8. The minimum atomic E-state index is -0.0321. The zero-order valence-electron chi connectivity index (χ0n) is 58.9. The predicted molar refractivity (Wildman–Crippen MR) is 379 cm³/mol. The summed E-state index contributed by atoms with van der Waals surface area (Å²) in [5.74, 6) is 3.14. The van der Waals surface area contributed by atoms with E-state index in [2.05, 4.69) is 107 Å². The van der Waals surface area contributed by atoms with Crippen LogP contribution in [0.25, 0.3) is 5.70 Å². The van der Waals surface area contributed by atoms with Gasteiger partial charge in [0.1, 0.15) is 17.3 Å². The molecular weight excluding hydrogens is 1070 g/mol. The van der Waals surface area contributed by atoms with Crippen LogP contribution in [0.5, 0.6) is 0 Å². The monoisotopic (exact) mass is 1210 g/mol. The molecule has 0 spiro atoms. The first-order valence-corrected chi connectivity index (χ1v) is 37.5. The van der Waals surface area contributed by atoms with Gasteiger partial charge in [0.25, 0.3) is 5.91 Å². The van der Waals surface area contributed by atoms with Crippen molar-refractivity contribution in [2.45, 2.75) is 337 Å². The summed E-state index contributed by atoms with van der Waals surface area (Å²) in [5, 5.41) is 10.4. The topological polar surface area (TPSA) is 111 Å². The van der Waals surface area contributed by atoms with Crippen LogP contribution in [-0.4, -0.2) is 92.5 Å². The van der Waals surface area contributed by atoms with Gasteiger partial charge in [-0.05, 0) is 157 Å². The normalized spacial score (nSPS) is 12.6. The molecule has 1 aromatic rings. The quantitative estimate of drug-likeness (QED) is 0.0553. The average Bonchev–Trinajstić information content (AvgIpc) is 3.57. The van der Waals surface area contributed by atoms with E-state index in [1.54, 1.807) is 0 Å². The van der Waals surface area contributed by atoms with Crippen LogP contribution in [-0.2, 0) is 20.8 Å². The van der Waals surface area contributed by atoms with Gasteiger partial charge in [-0.15, -0.1) is 0 Å².